The molecule has 0 bridgehead atoms. The summed E-state index contributed by atoms with van der Waals surface area (Å²) in [7, 11) is 0. The van der Waals surface area contributed by atoms with Gasteiger partial charge in [0, 0.05) is 37.6 Å². The first-order valence-electron chi connectivity index (χ1n) is 8.73. The van der Waals surface area contributed by atoms with E-state index in [-0.39, 0.29) is 29.9 Å². The Morgan fingerprint density at radius 1 is 1.28 bits per heavy atom. The lowest BCUT2D eigenvalue weighted by Crippen LogP contribution is -2.38. The molecular weight excluding hydrogens is 451 g/mol. The first-order chi connectivity index (χ1) is 11.7. The fourth-order valence-electron chi connectivity index (χ4n) is 2.75. The summed E-state index contributed by atoms with van der Waals surface area (Å²) in [6, 6.07) is 7.87. The van der Waals surface area contributed by atoms with Crippen molar-refractivity contribution in [3.05, 3.63) is 34.9 Å². The van der Waals surface area contributed by atoms with E-state index in [0.717, 1.165) is 56.4 Å². The maximum absolute atomic E-state index is 12.0. The minimum absolute atomic E-state index is 0. The van der Waals surface area contributed by atoms with Gasteiger partial charge in [0.1, 0.15) is 0 Å². The highest BCUT2D eigenvalue weighted by Gasteiger charge is 2.16. The summed E-state index contributed by atoms with van der Waals surface area (Å²) in [6.45, 7) is 5.92. The monoisotopic (exact) mass is 478 g/mol. The van der Waals surface area contributed by atoms with Crippen LogP contribution in [0.15, 0.2) is 29.3 Å². The normalized spacial score (nSPS) is 14.2. The number of aliphatic imine (C=N–C) groups is 1. The molecular formula is C18H28ClIN4O. The van der Waals surface area contributed by atoms with Gasteiger partial charge >= 0.3 is 0 Å². The Morgan fingerprint density at radius 3 is 2.72 bits per heavy atom. The van der Waals surface area contributed by atoms with Gasteiger partial charge in [-0.2, -0.15) is 0 Å². The first-order valence-corrected chi connectivity index (χ1v) is 9.11. The highest BCUT2D eigenvalue weighted by atomic mass is 127. The smallest absolute Gasteiger partial charge is 0.224 e. The van der Waals surface area contributed by atoms with Gasteiger partial charge in [-0.1, -0.05) is 23.7 Å². The molecule has 1 heterocycles. The second kappa shape index (κ2) is 12.4. The van der Waals surface area contributed by atoms with Gasteiger partial charge in [0.2, 0.25) is 5.91 Å². The van der Waals surface area contributed by atoms with Crippen LogP contribution in [-0.2, 0) is 11.2 Å². The number of guanidine groups is 1. The van der Waals surface area contributed by atoms with Crippen molar-refractivity contribution in [2.45, 2.75) is 32.6 Å². The molecule has 0 atom stereocenters. The number of benzene rings is 1. The number of nitrogens with zero attached hydrogens (tertiary/aromatic N) is 2. The second-order valence-corrected chi connectivity index (χ2v) is 6.34. The molecule has 7 heteroatoms. The van der Waals surface area contributed by atoms with E-state index >= 15 is 0 Å². The lowest BCUT2D eigenvalue weighted by Gasteiger charge is -2.15. The summed E-state index contributed by atoms with van der Waals surface area (Å²) in [5.41, 5.74) is 1.19. The summed E-state index contributed by atoms with van der Waals surface area (Å²) >= 11 is 6.00. The predicted octanol–water partition coefficient (Wildman–Crippen LogP) is 3.07. The maximum atomic E-state index is 12.0. The Bertz CT molecular complexity index is 562. The van der Waals surface area contributed by atoms with E-state index in [0.29, 0.717) is 13.0 Å². The van der Waals surface area contributed by atoms with Crippen LogP contribution in [0.1, 0.15) is 31.7 Å². The Morgan fingerprint density at radius 2 is 2.04 bits per heavy atom. The Hall–Kier alpha value is -1.02. The van der Waals surface area contributed by atoms with Gasteiger partial charge in [0.15, 0.2) is 5.96 Å². The largest absolute Gasteiger partial charge is 0.357 e. The van der Waals surface area contributed by atoms with Crippen LogP contribution in [0, 0.1) is 0 Å². The third-order valence-electron chi connectivity index (χ3n) is 3.99. The number of hydrogen-bond donors (Lipinski definition) is 2. The summed E-state index contributed by atoms with van der Waals surface area (Å²) in [6.07, 6.45) is 3.61. The molecule has 25 heavy (non-hydrogen) atoms. The third-order valence-corrected chi connectivity index (χ3v) is 4.23. The van der Waals surface area contributed by atoms with Crippen molar-refractivity contribution in [2.24, 2.45) is 4.99 Å². The Labute approximate surface area is 172 Å². The number of carbonyl (C=O) groups is 1. The number of halogens is 2. The van der Waals surface area contributed by atoms with Crippen LogP contribution in [0.4, 0.5) is 0 Å². The van der Waals surface area contributed by atoms with E-state index in [1.807, 2.05) is 30.0 Å². The average Bonchev–Trinajstić information content (AvgIpc) is 3.09. The topological polar surface area (TPSA) is 56.7 Å². The fourth-order valence-corrected chi connectivity index (χ4v) is 2.96. The van der Waals surface area contributed by atoms with Gasteiger partial charge in [-0.25, -0.2) is 0 Å². The van der Waals surface area contributed by atoms with E-state index in [2.05, 4.69) is 21.7 Å². The van der Waals surface area contributed by atoms with Crippen molar-refractivity contribution in [1.82, 2.24) is 15.5 Å². The number of nitrogens with one attached hydrogen (secondary N) is 2. The van der Waals surface area contributed by atoms with E-state index in [9.17, 15) is 4.79 Å². The summed E-state index contributed by atoms with van der Waals surface area (Å²) in [4.78, 5) is 18.5. The molecule has 2 N–H and O–H groups in total. The van der Waals surface area contributed by atoms with E-state index in [4.69, 9.17) is 11.6 Å². The SMILES string of the molecule is CCNC(=NCCC(=O)N1CCCC1)NCCc1cccc(Cl)c1.I. The summed E-state index contributed by atoms with van der Waals surface area (Å²) < 4.78 is 0. The minimum Gasteiger partial charge on any atom is -0.357 e. The number of rotatable bonds is 7. The molecule has 1 saturated heterocycles. The number of carbonyl (C=O) groups excluding carboxylic acids is 1. The number of hydrogen-bond acceptors (Lipinski definition) is 2. The van der Waals surface area contributed by atoms with Crippen molar-refractivity contribution >= 4 is 47.4 Å². The second-order valence-electron chi connectivity index (χ2n) is 5.91. The maximum Gasteiger partial charge on any atom is 0.224 e. The molecule has 1 aromatic rings. The van der Waals surface area contributed by atoms with E-state index < -0.39 is 0 Å². The van der Waals surface area contributed by atoms with Crippen LogP contribution in [0.5, 0.6) is 0 Å². The molecule has 0 saturated carbocycles. The minimum atomic E-state index is 0. The zero-order chi connectivity index (χ0) is 17.2. The molecule has 1 amide bonds. The molecule has 140 valence electrons. The van der Waals surface area contributed by atoms with Gasteiger partial charge in [-0.3, -0.25) is 9.79 Å². The van der Waals surface area contributed by atoms with Crippen LogP contribution in [0.2, 0.25) is 5.02 Å². The fraction of sp³-hybridized carbons (Fsp3) is 0.556. The quantitative estimate of drug-likeness (QED) is 0.360. The number of amides is 1. The highest BCUT2D eigenvalue weighted by molar-refractivity contribution is 14.0. The van der Waals surface area contributed by atoms with Crippen LogP contribution in [0.3, 0.4) is 0 Å². The first kappa shape index (κ1) is 22.0. The van der Waals surface area contributed by atoms with Crippen molar-refractivity contribution in [1.29, 1.82) is 0 Å². The standard InChI is InChI=1S/C18H27ClN4O.HI/c1-2-20-18(21-10-8-15-6-5-7-16(19)14-15)22-11-9-17(24)23-12-3-4-13-23;/h5-7,14H,2-4,8-13H2,1H3,(H2,20,21,22);1H. The van der Waals surface area contributed by atoms with Gasteiger partial charge in [0.05, 0.1) is 6.54 Å². The highest BCUT2D eigenvalue weighted by Crippen LogP contribution is 2.10. The molecule has 0 aliphatic carbocycles. The Balaban J connectivity index is 0.00000312. The molecule has 2 rings (SSSR count). The van der Waals surface area contributed by atoms with Gasteiger partial charge < -0.3 is 15.5 Å². The molecule has 0 aromatic heterocycles. The number of likely N-dealkylation sites (tertiary alicyclic amines) is 1. The molecule has 1 fully saturated rings. The molecule has 1 aromatic carbocycles. The molecule has 0 radical (unpaired) electrons. The van der Waals surface area contributed by atoms with Crippen LogP contribution >= 0.6 is 35.6 Å². The molecule has 0 spiro atoms. The summed E-state index contributed by atoms with van der Waals surface area (Å²) in [5.74, 6) is 0.972. The van der Waals surface area contributed by atoms with E-state index in [1.54, 1.807) is 0 Å². The van der Waals surface area contributed by atoms with Crippen LogP contribution in [-0.4, -0.2) is 49.5 Å². The van der Waals surface area contributed by atoms with Crippen molar-refractivity contribution in [3.63, 3.8) is 0 Å². The molecule has 0 unspecified atom stereocenters. The average molecular weight is 479 g/mol. The van der Waals surface area contributed by atoms with E-state index in [1.165, 1.54) is 5.56 Å². The van der Waals surface area contributed by atoms with Crippen LogP contribution in [0.25, 0.3) is 0 Å². The molecule has 5 nitrogen and oxygen atoms in total. The molecule has 1 aliphatic heterocycles. The van der Waals surface area contributed by atoms with Crippen molar-refractivity contribution in [3.8, 4) is 0 Å². The van der Waals surface area contributed by atoms with Crippen molar-refractivity contribution in [2.75, 3.05) is 32.7 Å². The predicted molar refractivity (Wildman–Crippen MR) is 115 cm³/mol. The van der Waals surface area contributed by atoms with Crippen molar-refractivity contribution < 1.29 is 4.79 Å². The zero-order valence-electron chi connectivity index (χ0n) is 14.8. The Kier molecular flexibility index (Phi) is 10.9. The lowest BCUT2D eigenvalue weighted by atomic mass is 10.1. The van der Waals surface area contributed by atoms with Gasteiger partial charge in [-0.05, 0) is 43.9 Å². The van der Waals surface area contributed by atoms with Gasteiger partial charge in [-0.15, -0.1) is 24.0 Å². The third kappa shape index (κ3) is 8.27. The zero-order valence-corrected chi connectivity index (χ0v) is 17.8. The molecule has 1 aliphatic rings. The summed E-state index contributed by atoms with van der Waals surface area (Å²) in [5, 5.41) is 7.27. The van der Waals surface area contributed by atoms with Gasteiger partial charge in [0.25, 0.3) is 0 Å². The lowest BCUT2D eigenvalue weighted by molar-refractivity contribution is -0.129. The van der Waals surface area contributed by atoms with Crippen LogP contribution < -0.4 is 10.6 Å².